The number of esters is 1. The first-order valence-electron chi connectivity index (χ1n) is 5.64. The highest BCUT2D eigenvalue weighted by Gasteiger charge is 2.31. The normalized spacial score (nSPS) is 30.2. The third-order valence-corrected chi connectivity index (χ3v) is 3.36. The molecule has 0 heterocycles. The second-order valence-electron chi connectivity index (χ2n) is 4.51. The summed E-state index contributed by atoms with van der Waals surface area (Å²) in [4.78, 5) is 11.2. The lowest BCUT2D eigenvalue weighted by Crippen LogP contribution is -2.10. The number of ether oxygens (including phenoxy) is 1. The van der Waals surface area contributed by atoms with Crippen molar-refractivity contribution in [3.63, 3.8) is 0 Å². The van der Waals surface area contributed by atoms with Crippen LogP contribution in [0, 0.1) is 11.8 Å². The maximum Gasteiger partial charge on any atom is 0.330 e. The first-order chi connectivity index (χ1) is 6.78. The summed E-state index contributed by atoms with van der Waals surface area (Å²) in [7, 11) is 0. The Labute approximate surface area is 85.3 Å². The summed E-state index contributed by atoms with van der Waals surface area (Å²) in [5.41, 5.74) is 1.32. The van der Waals surface area contributed by atoms with Gasteiger partial charge < -0.3 is 4.74 Å². The largest absolute Gasteiger partial charge is 0.463 e. The number of fused-ring (bicyclic) bond motifs is 2. The Morgan fingerprint density at radius 1 is 1.43 bits per heavy atom. The fourth-order valence-corrected chi connectivity index (χ4v) is 2.84. The lowest BCUT2D eigenvalue weighted by Gasteiger charge is -2.21. The lowest BCUT2D eigenvalue weighted by molar-refractivity contribution is -0.137. The molecule has 2 atom stereocenters. The molecule has 0 saturated heterocycles. The first kappa shape index (κ1) is 9.75. The monoisotopic (exact) mass is 194 g/mol. The number of allylic oxidation sites excluding steroid dienone is 1. The van der Waals surface area contributed by atoms with Crippen molar-refractivity contribution in [2.75, 3.05) is 6.61 Å². The molecular formula is C12H18O2. The summed E-state index contributed by atoms with van der Waals surface area (Å²) in [6.07, 6.45) is 8.12. The smallest absolute Gasteiger partial charge is 0.330 e. The van der Waals surface area contributed by atoms with Crippen molar-refractivity contribution in [3.05, 3.63) is 11.6 Å². The zero-order valence-electron chi connectivity index (χ0n) is 8.79. The minimum Gasteiger partial charge on any atom is -0.463 e. The Kier molecular flexibility index (Phi) is 2.90. The highest BCUT2D eigenvalue weighted by atomic mass is 16.5. The van der Waals surface area contributed by atoms with Crippen LogP contribution in [0.4, 0.5) is 0 Å². The van der Waals surface area contributed by atoms with Crippen LogP contribution < -0.4 is 0 Å². The van der Waals surface area contributed by atoms with E-state index in [2.05, 4.69) is 0 Å². The molecule has 0 spiro atoms. The molecule has 14 heavy (non-hydrogen) atoms. The van der Waals surface area contributed by atoms with Gasteiger partial charge in [0.15, 0.2) is 0 Å². The lowest BCUT2D eigenvalue weighted by atomic mass is 9.85. The number of rotatable bonds is 2. The summed E-state index contributed by atoms with van der Waals surface area (Å²) < 4.78 is 4.92. The Morgan fingerprint density at radius 2 is 2.07 bits per heavy atom. The van der Waals surface area contributed by atoms with Gasteiger partial charge in [-0.3, -0.25) is 0 Å². The topological polar surface area (TPSA) is 26.3 Å². The van der Waals surface area contributed by atoms with Crippen molar-refractivity contribution < 1.29 is 9.53 Å². The van der Waals surface area contributed by atoms with Gasteiger partial charge in [-0.1, -0.05) is 5.57 Å². The van der Waals surface area contributed by atoms with Crippen LogP contribution in [0.15, 0.2) is 11.6 Å². The minimum atomic E-state index is -0.149. The Morgan fingerprint density at radius 3 is 2.64 bits per heavy atom. The van der Waals surface area contributed by atoms with Gasteiger partial charge in [-0.05, 0) is 50.9 Å². The number of hydrogen-bond acceptors (Lipinski definition) is 2. The highest BCUT2D eigenvalue weighted by molar-refractivity contribution is 5.82. The summed E-state index contributed by atoms with van der Waals surface area (Å²) in [6.45, 7) is 2.33. The van der Waals surface area contributed by atoms with E-state index in [1.165, 1.54) is 24.8 Å². The second kappa shape index (κ2) is 4.16. The van der Waals surface area contributed by atoms with E-state index >= 15 is 0 Å². The third-order valence-electron chi connectivity index (χ3n) is 3.36. The first-order valence-corrected chi connectivity index (χ1v) is 5.64. The van der Waals surface area contributed by atoms with E-state index in [1.807, 2.05) is 6.92 Å². The second-order valence-corrected chi connectivity index (χ2v) is 4.51. The van der Waals surface area contributed by atoms with Gasteiger partial charge in [0.2, 0.25) is 0 Å². The fraction of sp³-hybridized carbons (Fsp3) is 0.750. The van der Waals surface area contributed by atoms with E-state index in [1.54, 1.807) is 6.08 Å². The molecule has 2 bridgehead atoms. The Hall–Kier alpha value is -0.790. The average Bonchev–Trinajstić information content (AvgIpc) is 2.46. The Balaban J connectivity index is 1.95. The molecule has 0 aromatic heterocycles. The molecule has 2 rings (SSSR count). The van der Waals surface area contributed by atoms with Gasteiger partial charge in [0.25, 0.3) is 0 Å². The SMILES string of the molecule is CCOC(=O)C=C1CC2CCC(C1)C2. The molecule has 0 radical (unpaired) electrons. The standard InChI is InChI=1S/C12H18O2/c1-2-14-12(13)8-11-6-9-3-4-10(5-9)7-11/h8-10H,2-7H2,1H3. The number of carbonyl (C=O) groups excluding carboxylic acids is 1. The molecule has 2 unspecified atom stereocenters. The van der Waals surface area contributed by atoms with Crippen LogP contribution in [0.2, 0.25) is 0 Å². The van der Waals surface area contributed by atoms with Gasteiger partial charge in [-0.2, -0.15) is 0 Å². The molecule has 0 amide bonds. The maximum absolute atomic E-state index is 11.2. The molecule has 2 saturated carbocycles. The van der Waals surface area contributed by atoms with E-state index in [4.69, 9.17) is 4.74 Å². The fourth-order valence-electron chi connectivity index (χ4n) is 2.84. The minimum absolute atomic E-state index is 0.149. The van der Waals surface area contributed by atoms with Crippen LogP contribution in [0.5, 0.6) is 0 Å². The van der Waals surface area contributed by atoms with E-state index in [-0.39, 0.29) is 5.97 Å². The highest BCUT2D eigenvalue weighted by Crippen LogP contribution is 2.44. The zero-order valence-corrected chi connectivity index (χ0v) is 8.79. The summed E-state index contributed by atoms with van der Waals surface area (Å²) >= 11 is 0. The van der Waals surface area contributed by atoms with Crippen LogP contribution >= 0.6 is 0 Å². The van der Waals surface area contributed by atoms with Crippen LogP contribution in [0.1, 0.15) is 39.0 Å². The van der Waals surface area contributed by atoms with Crippen molar-refractivity contribution in [1.82, 2.24) is 0 Å². The van der Waals surface area contributed by atoms with Gasteiger partial charge in [0.05, 0.1) is 6.61 Å². The predicted molar refractivity (Wildman–Crippen MR) is 54.8 cm³/mol. The molecule has 0 aromatic carbocycles. The quantitative estimate of drug-likeness (QED) is 0.499. The molecule has 2 heteroatoms. The van der Waals surface area contributed by atoms with E-state index < -0.39 is 0 Å². The molecule has 0 N–H and O–H groups in total. The molecule has 0 aliphatic heterocycles. The molecule has 2 nitrogen and oxygen atoms in total. The summed E-state index contributed by atoms with van der Waals surface area (Å²) in [5.74, 6) is 1.56. The number of hydrogen-bond donors (Lipinski definition) is 0. The van der Waals surface area contributed by atoms with E-state index in [0.29, 0.717) is 6.61 Å². The van der Waals surface area contributed by atoms with Crippen molar-refractivity contribution in [2.45, 2.75) is 39.0 Å². The van der Waals surface area contributed by atoms with Crippen LogP contribution in [-0.4, -0.2) is 12.6 Å². The van der Waals surface area contributed by atoms with E-state index in [0.717, 1.165) is 24.7 Å². The van der Waals surface area contributed by atoms with Gasteiger partial charge in [-0.25, -0.2) is 4.79 Å². The molecule has 2 aliphatic carbocycles. The maximum atomic E-state index is 11.2. The summed E-state index contributed by atoms with van der Waals surface area (Å²) in [6, 6.07) is 0. The van der Waals surface area contributed by atoms with Gasteiger partial charge in [-0.15, -0.1) is 0 Å². The molecule has 2 aliphatic rings. The Bertz CT molecular complexity index is 241. The number of carbonyl (C=O) groups is 1. The molecule has 0 aromatic rings. The van der Waals surface area contributed by atoms with Crippen molar-refractivity contribution >= 4 is 5.97 Å². The molecular weight excluding hydrogens is 176 g/mol. The van der Waals surface area contributed by atoms with Crippen LogP contribution in [-0.2, 0) is 9.53 Å². The third kappa shape index (κ3) is 2.17. The van der Waals surface area contributed by atoms with Crippen molar-refractivity contribution in [3.8, 4) is 0 Å². The predicted octanol–water partition coefficient (Wildman–Crippen LogP) is 2.69. The van der Waals surface area contributed by atoms with Crippen LogP contribution in [0.25, 0.3) is 0 Å². The van der Waals surface area contributed by atoms with Crippen LogP contribution in [0.3, 0.4) is 0 Å². The van der Waals surface area contributed by atoms with Gasteiger partial charge in [0, 0.05) is 6.08 Å². The van der Waals surface area contributed by atoms with Gasteiger partial charge in [0.1, 0.15) is 0 Å². The zero-order chi connectivity index (χ0) is 9.97. The van der Waals surface area contributed by atoms with E-state index in [9.17, 15) is 4.79 Å². The van der Waals surface area contributed by atoms with Gasteiger partial charge >= 0.3 is 5.97 Å². The van der Waals surface area contributed by atoms with Crippen molar-refractivity contribution in [1.29, 1.82) is 0 Å². The average molecular weight is 194 g/mol. The van der Waals surface area contributed by atoms with Crippen molar-refractivity contribution in [2.24, 2.45) is 11.8 Å². The molecule has 2 fully saturated rings. The molecule has 78 valence electrons. The summed E-state index contributed by atoms with van der Waals surface area (Å²) in [5, 5.41) is 0.